The Bertz CT molecular complexity index is 1350. The molecule has 10 heteroatoms. The second-order valence-corrected chi connectivity index (χ2v) is 7.00. The molecule has 0 saturated heterocycles. The van der Waals surface area contributed by atoms with Gasteiger partial charge in [0.15, 0.2) is 5.82 Å². The van der Waals surface area contributed by atoms with Crippen LogP contribution < -0.4 is 16.6 Å². The second-order valence-electron chi connectivity index (χ2n) is 6.57. The largest absolute Gasteiger partial charge is 0.337 e. The van der Waals surface area contributed by atoms with Gasteiger partial charge >= 0.3 is 5.69 Å². The van der Waals surface area contributed by atoms with Crippen LogP contribution >= 0.6 is 11.6 Å². The monoisotopic (exact) mass is 425 g/mol. The number of carbonyl (C=O) groups excluding carboxylic acids is 1. The van der Waals surface area contributed by atoms with Crippen molar-refractivity contribution in [2.75, 3.05) is 5.32 Å². The van der Waals surface area contributed by atoms with E-state index in [9.17, 15) is 14.4 Å². The lowest BCUT2D eigenvalue weighted by Crippen LogP contribution is -2.42. The Morgan fingerprint density at radius 1 is 1.10 bits per heavy atom. The Labute approximate surface area is 174 Å². The quantitative estimate of drug-likeness (QED) is 0.524. The van der Waals surface area contributed by atoms with Gasteiger partial charge in [0, 0.05) is 10.7 Å². The molecule has 1 N–H and O–H groups in total. The zero-order valence-electron chi connectivity index (χ0n) is 15.8. The third-order valence-electron chi connectivity index (χ3n) is 4.42. The highest BCUT2D eigenvalue weighted by Crippen LogP contribution is 2.14. The van der Waals surface area contributed by atoms with Gasteiger partial charge in [-0.3, -0.25) is 18.7 Å². The van der Waals surface area contributed by atoms with Crippen molar-refractivity contribution in [1.29, 1.82) is 0 Å². The average molecular weight is 426 g/mol. The molecular weight excluding hydrogens is 410 g/mol. The van der Waals surface area contributed by atoms with Gasteiger partial charge in [0.05, 0.1) is 10.9 Å². The number of halogens is 1. The lowest BCUT2D eigenvalue weighted by molar-refractivity contribution is -0.116. The van der Waals surface area contributed by atoms with Crippen LogP contribution in [-0.4, -0.2) is 25.2 Å². The fourth-order valence-corrected chi connectivity index (χ4v) is 3.21. The maximum Gasteiger partial charge on any atom is 0.332 e. The fourth-order valence-electron chi connectivity index (χ4n) is 3.08. The first-order valence-electron chi connectivity index (χ1n) is 8.99. The predicted octanol–water partition coefficient (Wildman–Crippen LogP) is 2.20. The minimum absolute atomic E-state index is 0.124. The van der Waals surface area contributed by atoms with Gasteiger partial charge in [-0.2, -0.15) is 4.98 Å². The van der Waals surface area contributed by atoms with E-state index in [0.29, 0.717) is 27.4 Å². The van der Waals surface area contributed by atoms with E-state index in [1.165, 1.54) is 4.57 Å². The van der Waals surface area contributed by atoms with Gasteiger partial charge in [0.25, 0.3) is 5.56 Å². The summed E-state index contributed by atoms with van der Waals surface area (Å²) in [6, 6.07) is 13.2. The van der Waals surface area contributed by atoms with E-state index in [-0.39, 0.29) is 19.0 Å². The number of fused-ring (bicyclic) bond motifs is 1. The maximum atomic E-state index is 13.1. The van der Waals surface area contributed by atoms with Crippen molar-refractivity contribution in [2.45, 2.75) is 20.0 Å². The summed E-state index contributed by atoms with van der Waals surface area (Å²) in [7, 11) is 0. The first-order valence-corrected chi connectivity index (χ1v) is 9.37. The minimum Gasteiger partial charge on any atom is -0.337 e. The molecular formula is C20H16ClN5O4. The lowest BCUT2D eigenvalue weighted by atomic mass is 10.2. The maximum absolute atomic E-state index is 13.1. The van der Waals surface area contributed by atoms with Gasteiger partial charge in [0.2, 0.25) is 11.8 Å². The summed E-state index contributed by atoms with van der Waals surface area (Å²) < 4.78 is 7.26. The molecule has 0 aliphatic carbocycles. The summed E-state index contributed by atoms with van der Waals surface area (Å²) in [6.07, 6.45) is 0. The van der Waals surface area contributed by atoms with E-state index < -0.39 is 17.2 Å². The molecule has 2 aromatic carbocycles. The summed E-state index contributed by atoms with van der Waals surface area (Å²) in [4.78, 5) is 42.6. The Kier molecular flexibility index (Phi) is 5.20. The molecule has 4 aromatic rings. The first kappa shape index (κ1) is 19.6. The standard InChI is InChI=1S/C20H16ClN5O4/c1-12-22-18(30-24-12)11-26-19(28)15-4-2-3-5-16(15)25(20(26)29)10-17(27)23-14-8-6-13(21)7-9-14/h2-9H,10-11H2,1H3,(H,23,27). The topological polar surface area (TPSA) is 112 Å². The van der Waals surface area contributed by atoms with Crippen molar-refractivity contribution >= 4 is 34.1 Å². The molecule has 0 aliphatic heterocycles. The molecule has 0 atom stereocenters. The van der Waals surface area contributed by atoms with Crippen LogP contribution in [0.2, 0.25) is 5.02 Å². The van der Waals surface area contributed by atoms with E-state index >= 15 is 0 Å². The predicted molar refractivity (Wildman–Crippen MR) is 111 cm³/mol. The average Bonchev–Trinajstić information content (AvgIpc) is 3.15. The van der Waals surface area contributed by atoms with Crippen LogP contribution in [0.1, 0.15) is 11.7 Å². The third kappa shape index (κ3) is 3.87. The molecule has 0 saturated carbocycles. The first-order chi connectivity index (χ1) is 14.4. The van der Waals surface area contributed by atoms with E-state index in [4.69, 9.17) is 16.1 Å². The van der Waals surface area contributed by atoms with Gasteiger partial charge in [-0.25, -0.2) is 4.79 Å². The Hall–Kier alpha value is -3.72. The fraction of sp³-hybridized carbons (Fsp3) is 0.150. The summed E-state index contributed by atoms with van der Waals surface area (Å²) in [5.74, 6) is 0.0871. The van der Waals surface area contributed by atoms with Gasteiger partial charge in [0.1, 0.15) is 13.1 Å². The van der Waals surface area contributed by atoms with Crippen molar-refractivity contribution in [3.8, 4) is 0 Å². The van der Waals surface area contributed by atoms with E-state index in [1.807, 2.05) is 0 Å². The molecule has 0 bridgehead atoms. The number of para-hydroxylation sites is 1. The molecule has 152 valence electrons. The highest BCUT2D eigenvalue weighted by atomic mass is 35.5. The van der Waals surface area contributed by atoms with Gasteiger partial charge in [-0.15, -0.1) is 0 Å². The van der Waals surface area contributed by atoms with Gasteiger partial charge < -0.3 is 9.84 Å². The summed E-state index contributed by atoms with van der Waals surface area (Å²) in [6.45, 7) is 1.16. The molecule has 4 rings (SSSR count). The molecule has 9 nitrogen and oxygen atoms in total. The molecule has 1 amide bonds. The molecule has 0 unspecified atom stereocenters. The highest BCUT2D eigenvalue weighted by Gasteiger charge is 2.17. The molecule has 2 heterocycles. The van der Waals surface area contributed by atoms with Crippen LogP contribution in [0.15, 0.2) is 62.6 Å². The van der Waals surface area contributed by atoms with Gasteiger partial charge in [-0.05, 0) is 43.3 Å². The van der Waals surface area contributed by atoms with Crippen molar-refractivity contribution in [3.63, 3.8) is 0 Å². The highest BCUT2D eigenvalue weighted by molar-refractivity contribution is 6.30. The molecule has 2 aromatic heterocycles. The molecule has 0 spiro atoms. The van der Waals surface area contributed by atoms with Crippen molar-refractivity contribution in [3.05, 3.63) is 86.1 Å². The molecule has 0 radical (unpaired) electrons. The third-order valence-corrected chi connectivity index (χ3v) is 4.68. The number of hydrogen-bond acceptors (Lipinski definition) is 6. The van der Waals surface area contributed by atoms with Gasteiger partial charge in [-0.1, -0.05) is 28.9 Å². The normalized spacial score (nSPS) is 11.0. The number of aromatic nitrogens is 4. The van der Waals surface area contributed by atoms with E-state index in [0.717, 1.165) is 4.57 Å². The number of anilines is 1. The minimum atomic E-state index is -0.652. The summed E-state index contributed by atoms with van der Waals surface area (Å²) in [5.41, 5.74) is -0.255. The zero-order chi connectivity index (χ0) is 21.3. The van der Waals surface area contributed by atoms with Crippen LogP contribution in [0, 0.1) is 6.92 Å². The van der Waals surface area contributed by atoms with Crippen LogP contribution in [0.25, 0.3) is 10.9 Å². The van der Waals surface area contributed by atoms with Crippen molar-refractivity contribution in [1.82, 2.24) is 19.3 Å². The van der Waals surface area contributed by atoms with E-state index in [1.54, 1.807) is 55.5 Å². The number of amides is 1. The van der Waals surface area contributed by atoms with Crippen LogP contribution in [0.3, 0.4) is 0 Å². The van der Waals surface area contributed by atoms with Crippen molar-refractivity contribution in [2.24, 2.45) is 0 Å². The number of aryl methyl sites for hydroxylation is 1. The summed E-state index contributed by atoms with van der Waals surface area (Å²) in [5, 5.41) is 7.22. The number of nitrogens with one attached hydrogen (secondary N) is 1. The van der Waals surface area contributed by atoms with Crippen LogP contribution in [0.4, 0.5) is 5.69 Å². The second kappa shape index (κ2) is 7.96. The smallest absolute Gasteiger partial charge is 0.332 e. The Morgan fingerprint density at radius 3 is 2.53 bits per heavy atom. The van der Waals surface area contributed by atoms with Crippen LogP contribution in [0.5, 0.6) is 0 Å². The van der Waals surface area contributed by atoms with Crippen LogP contribution in [-0.2, 0) is 17.9 Å². The van der Waals surface area contributed by atoms with Crippen molar-refractivity contribution < 1.29 is 9.32 Å². The Morgan fingerprint density at radius 2 is 1.83 bits per heavy atom. The molecule has 30 heavy (non-hydrogen) atoms. The number of carbonyl (C=O) groups is 1. The summed E-state index contributed by atoms with van der Waals surface area (Å²) >= 11 is 5.86. The lowest BCUT2D eigenvalue weighted by Gasteiger charge is -2.13. The molecule has 0 aliphatic rings. The number of hydrogen-bond donors (Lipinski definition) is 1. The zero-order valence-corrected chi connectivity index (χ0v) is 16.6. The number of nitrogens with zero attached hydrogens (tertiary/aromatic N) is 4. The number of benzene rings is 2. The van der Waals surface area contributed by atoms with E-state index in [2.05, 4.69) is 15.5 Å². The number of rotatable bonds is 5. The Balaban J connectivity index is 1.74. The molecule has 0 fully saturated rings. The SMILES string of the molecule is Cc1noc(Cn2c(=O)c3ccccc3n(CC(=O)Nc3ccc(Cl)cc3)c2=O)n1.